The van der Waals surface area contributed by atoms with Crippen LogP contribution in [0.25, 0.3) is 0 Å². The summed E-state index contributed by atoms with van der Waals surface area (Å²) in [5, 5.41) is 8.43. The highest BCUT2D eigenvalue weighted by molar-refractivity contribution is 14.1. The Morgan fingerprint density at radius 3 is 2.78 bits per heavy atom. The molecule has 0 heterocycles. The Morgan fingerprint density at radius 1 is 1.78 bits per heavy atom. The molecule has 9 heavy (non-hydrogen) atoms. The van der Waals surface area contributed by atoms with Gasteiger partial charge in [-0.1, -0.05) is 42.0 Å². The van der Waals surface area contributed by atoms with Gasteiger partial charge >= 0.3 is 0 Å². The van der Waals surface area contributed by atoms with E-state index in [1.807, 2.05) is 6.08 Å². The van der Waals surface area contributed by atoms with E-state index >= 15 is 0 Å². The number of nitriles is 1. The van der Waals surface area contributed by atoms with Gasteiger partial charge in [0.15, 0.2) is 0 Å². The van der Waals surface area contributed by atoms with Crippen LogP contribution in [0, 0.1) is 11.3 Å². The lowest BCUT2D eigenvalue weighted by molar-refractivity contribution is 0.953. The fourth-order valence-electron chi connectivity index (χ4n) is 0.449. The molecule has 0 N–H and O–H groups in total. The van der Waals surface area contributed by atoms with Crippen LogP contribution in [0.5, 0.6) is 0 Å². The zero-order valence-electron chi connectivity index (χ0n) is 5.52. The van der Waals surface area contributed by atoms with Crippen molar-refractivity contribution in [2.24, 2.45) is 0 Å². The third kappa shape index (κ3) is 4.46. The summed E-state index contributed by atoms with van der Waals surface area (Å²) in [5.41, 5.74) is 0.900. The van der Waals surface area contributed by atoms with Crippen LogP contribution in [-0.2, 0) is 0 Å². The van der Waals surface area contributed by atoms with Gasteiger partial charge in [0.25, 0.3) is 0 Å². The van der Waals surface area contributed by atoms with Crippen molar-refractivity contribution in [3.8, 4) is 6.07 Å². The summed E-state index contributed by atoms with van der Waals surface area (Å²) in [5.74, 6) is 0. The monoisotopic (exact) mass is 235 g/mol. The minimum Gasteiger partial charge on any atom is -0.193 e. The molecular formula is C7H10IN. The standard InChI is InChI=1S/C7H10IN/c1-2-3-4-7(5-8)6-9/h4H,2-3,5H2,1H3/b7-4-. The normalized spacial score (nSPS) is 11.0. The van der Waals surface area contributed by atoms with E-state index in [1.165, 1.54) is 0 Å². The molecule has 0 spiro atoms. The molecule has 1 nitrogen and oxygen atoms in total. The Labute approximate surface area is 69.9 Å². The van der Waals surface area contributed by atoms with Gasteiger partial charge in [0.2, 0.25) is 0 Å². The molecule has 50 valence electrons. The predicted octanol–water partition coefficient (Wildman–Crippen LogP) is 2.67. The van der Waals surface area contributed by atoms with E-state index in [9.17, 15) is 0 Å². The smallest absolute Gasteiger partial charge is 0.0951 e. The highest BCUT2D eigenvalue weighted by Crippen LogP contribution is 2.01. The lowest BCUT2D eigenvalue weighted by Gasteiger charge is -1.87. The van der Waals surface area contributed by atoms with Crippen LogP contribution < -0.4 is 0 Å². The Balaban J connectivity index is 3.66. The lowest BCUT2D eigenvalue weighted by atomic mass is 10.2. The van der Waals surface area contributed by atoms with Gasteiger partial charge in [0, 0.05) is 10.0 Å². The van der Waals surface area contributed by atoms with Crippen molar-refractivity contribution in [3.63, 3.8) is 0 Å². The van der Waals surface area contributed by atoms with Crippen LogP contribution in [0.2, 0.25) is 0 Å². The Morgan fingerprint density at radius 2 is 2.44 bits per heavy atom. The molecule has 0 saturated carbocycles. The average molecular weight is 235 g/mol. The van der Waals surface area contributed by atoms with E-state index in [2.05, 4.69) is 35.6 Å². The molecule has 0 fully saturated rings. The molecule has 0 radical (unpaired) electrons. The quantitative estimate of drug-likeness (QED) is 0.419. The third-order valence-corrected chi connectivity index (χ3v) is 1.79. The zero-order valence-corrected chi connectivity index (χ0v) is 7.68. The first-order chi connectivity index (χ1) is 4.35. The van der Waals surface area contributed by atoms with Crippen molar-refractivity contribution in [1.29, 1.82) is 5.26 Å². The number of unbranched alkanes of at least 4 members (excludes halogenated alkanes) is 1. The fraction of sp³-hybridized carbons (Fsp3) is 0.571. The Hall–Kier alpha value is -0.0400. The summed E-state index contributed by atoms with van der Waals surface area (Å²) in [6.07, 6.45) is 4.17. The van der Waals surface area contributed by atoms with Crippen molar-refractivity contribution in [2.75, 3.05) is 4.43 Å². The lowest BCUT2D eigenvalue weighted by Crippen LogP contribution is -1.77. The van der Waals surface area contributed by atoms with Crippen molar-refractivity contribution in [1.82, 2.24) is 0 Å². The number of rotatable bonds is 3. The largest absolute Gasteiger partial charge is 0.193 e. The van der Waals surface area contributed by atoms with E-state index < -0.39 is 0 Å². The van der Waals surface area contributed by atoms with Crippen LogP contribution >= 0.6 is 22.6 Å². The second-order valence-electron chi connectivity index (χ2n) is 1.76. The van der Waals surface area contributed by atoms with E-state index in [1.54, 1.807) is 0 Å². The first kappa shape index (κ1) is 8.96. The molecule has 0 saturated heterocycles. The fourth-order valence-corrected chi connectivity index (χ4v) is 0.931. The first-order valence-electron chi connectivity index (χ1n) is 3.00. The van der Waals surface area contributed by atoms with E-state index in [0.29, 0.717) is 0 Å². The molecule has 0 rings (SSSR count). The van der Waals surface area contributed by atoms with Crippen molar-refractivity contribution < 1.29 is 0 Å². The number of halogens is 1. The molecule has 0 bridgehead atoms. The molecule has 2 heteroatoms. The summed E-state index contributed by atoms with van der Waals surface area (Å²) < 4.78 is 0.842. The maximum atomic E-state index is 8.43. The van der Waals surface area contributed by atoms with Crippen LogP contribution in [0.3, 0.4) is 0 Å². The Bertz CT molecular complexity index is 132. The predicted molar refractivity (Wildman–Crippen MR) is 47.5 cm³/mol. The zero-order chi connectivity index (χ0) is 7.11. The highest BCUT2D eigenvalue weighted by atomic mass is 127. The molecular weight excluding hydrogens is 225 g/mol. The van der Waals surface area contributed by atoms with E-state index in [-0.39, 0.29) is 0 Å². The third-order valence-electron chi connectivity index (χ3n) is 0.967. The van der Waals surface area contributed by atoms with Gasteiger partial charge in [-0.3, -0.25) is 0 Å². The van der Waals surface area contributed by atoms with Gasteiger partial charge in [0.05, 0.1) is 6.07 Å². The topological polar surface area (TPSA) is 23.8 Å². The van der Waals surface area contributed by atoms with Crippen molar-refractivity contribution in [3.05, 3.63) is 11.6 Å². The maximum absolute atomic E-state index is 8.43. The first-order valence-corrected chi connectivity index (χ1v) is 4.52. The van der Waals surface area contributed by atoms with Gasteiger partial charge in [-0.2, -0.15) is 5.26 Å². The molecule has 0 aromatic rings. The minimum absolute atomic E-state index is 0.842. The molecule has 0 aliphatic rings. The maximum Gasteiger partial charge on any atom is 0.0951 e. The molecule has 0 aliphatic heterocycles. The van der Waals surface area contributed by atoms with Gasteiger partial charge < -0.3 is 0 Å². The van der Waals surface area contributed by atoms with Gasteiger partial charge in [-0.25, -0.2) is 0 Å². The summed E-state index contributed by atoms with van der Waals surface area (Å²) in [6, 6.07) is 2.14. The van der Waals surface area contributed by atoms with Gasteiger partial charge in [-0.05, 0) is 6.42 Å². The number of hydrogen-bond donors (Lipinski definition) is 0. The summed E-state index contributed by atoms with van der Waals surface area (Å²) >= 11 is 2.20. The summed E-state index contributed by atoms with van der Waals surface area (Å²) in [7, 11) is 0. The molecule has 0 amide bonds. The molecule has 0 aromatic carbocycles. The van der Waals surface area contributed by atoms with Crippen LogP contribution in [0.1, 0.15) is 19.8 Å². The van der Waals surface area contributed by atoms with Crippen LogP contribution in [-0.4, -0.2) is 4.43 Å². The number of alkyl halides is 1. The SMILES string of the molecule is CCC/C=C(\C#N)CI. The Kier molecular flexibility index (Phi) is 6.06. The van der Waals surface area contributed by atoms with Crippen molar-refractivity contribution >= 4 is 22.6 Å². The van der Waals surface area contributed by atoms with Gasteiger partial charge in [-0.15, -0.1) is 0 Å². The number of nitrogens with zero attached hydrogens (tertiary/aromatic N) is 1. The molecule has 0 atom stereocenters. The van der Waals surface area contributed by atoms with E-state index in [0.717, 1.165) is 22.8 Å². The average Bonchev–Trinajstić information content (AvgIpc) is 1.91. The second-order valence-corrected chi connectivity index (χ2v) is 2.53. The van der Waals surface area contributed by atoms with Gasteiger partial charge in [0.1, 0.15) is 0 Å². The second kappa shape index (κ2) is 6.09. The highest BCUT2D eigenvalue weighted by Gasteiger charge is 1.87. The minimum atomic E-state index is 0.842. The molecule has 0 unspecified atom stereocenters. The van der Waals surface area contributed by atoms with E-state index in [4.69, 9.17) is 5.26 Å². The van der Waals surface area contributed by atoms with Crippen LogP contribution in [0.15, 0.2) is 11.6 Å². The summed E-state index contributed by atoms with van der Waals surface area (Å²) in [6.45, 7) is 2.11. The van der Waals surface area contributed by atoms with Crippen molar-refractivity contribution in [2.45, 2.75) is 19.8 Å². The number of hydrogen-bond acceptors (Lipinski definition) is 1. The summed E-state index contributed by atoms with van der Waals surface area (Å²) in [4.78, 5) is 0. The molecule has 0 aromatic heterocycles. The molecule has 0 aliphatic carbocycles. The number of allylic oxidation sites excluding steroid dienone is 2. The van der Waals surface area contributed by atoms with Crippen LogP contribution in [0.4, 0.5) is 0 Å².